The molecule has 25 heavy (non-hydrogen) atoms. The number of tetrazole rings is 1. The number of hydrogen-bond donors (Lipinski definition) is 0. The molecule has 0 spiro atoms. The highest BCUT2D eigenvalue weighted by Crippen LogP contribution is 2.31. The topological polar surface area (TPSA) is 113 Å². The lowest BCUT2D eigenvalue weighted by atomic mass is 10.2. The number of aromatic nitrogens is 4. The van der Waals surface area contributed by atoms with E-state index in [-0.39, 0.29) is 11.3 Å². The van der Waals surface area contributed by atoms with Crippen LogP contribution in [0.1, 0.15) is 10.4 Å². The van der Waals surface area contributed by atoms with Crippen LogP contribution in [0.15, 0.2) is 58.6 Å². The zero-order valence-electron chi connectivity index (χ0n) is 12.9. The normalized spacial score (nSPS) is 10.4. The third-order valence-electron chi connectivity index (χ3n) is 3.13. The molecule has 0 atom stereocenters. The Morgan fingerprint density at radius 2 is 2.00 bits per heavy atom. The number of non-ortho nitro benzene ring substituents is 1. The fraction of sp³-hybridized carbons (Fsp3) is 0.0667. The summed E-state index contributed by atoms with van der Waals surface area (Å²) < 4.78 is 6.72. The molecule has 0 saturated heterocycles. The molecule has 0 aliphatic rings. The van der Waals surface area contributed by atoms with Crippen LogP contribution in [0.2, 0.25) is 0 Å². The predicted octanol–water partition coefficient (Wildman–Crippen LogP) is 2.49. The first-order chi connectivity index (χ1) is 12.0. The number of para-hydroxylation sites is 1. The summed E-state index contributed by atoms with van der Waals surface area (Å²) in [6.45, 7) is 0. The van der Waals surface area contributed by atoms with E-state index in [4.69, 9.17) is 4.74 Å². The van der Waals surface area contributed by atoms with E-state index in [2.05, 4.69) is 15.5 Å². The van der Waals surface area contributed by atoms with Gasteiger partial charge in [-0.3, -0.25) is 10.1 Å². The quantitative estimate of drug-likeness (QED) is 0.296. The highest BCUT2D eigenvalue weighted by molar-refractivity contribution is 7.99. The second kappa shape index (κ2) is 7.09. The number of benzene rings is 2. The number of carbonyl (C=O) groups excluding carboxylic acids is 1. The van der Waals surface area contributed by atoms with Crippen molar-refractivity contribution in [1.29, 1.82) is 0 Å². The molecule has 1 aromatic heterocycles. The van der Waals surface area contributed by atoms with Gasteiger partial charge in [0.05, 0.1) is 10.5 Å². The molecule has 0 radical (unpaired) electrons. The number of aryl methyl sites for hydroxylation is 1. The first-order valence-corrected chi connectivity index (χ1v) is 7.82. The molecule has 0 bridgehead atoms. The van der Waals surface area contributed by atoms with Gasteiger partial charge in [-0.2, -0.15) is 0 Å². The van der Waals surface area contributed by atoms with Crippen molar-refractivity contribution in [3.8, 4) is 5.75 Å². The van der Waals surface area contributed by atoms with Crippen molar-refractivity contribution in [1.82, 2.24) is 20.2 Å². The van der Waals surface area contributed by atoms with E-state index >= 15 is 0 Å². The van der Waals surface area contributed by atoms with Crippen molar-refractivity contribution < 1.29 is 14.5 Å². The van der Waals surface area contributed by atoms with Gasteiger partial charge in [-0.1, -0.05) is 18.2 Å². The lowest BCUT2D eigenvalue weighted by Gasteiger charge is -2.08. The van der Waals surface area contributed by atoms with Gasteiger partial charge in [0.2, 0.25) is 5.16 Å². The van der Waals surface area contributed by atoms with Crippen molar-refractivity contribution in [3.63, 3.8) is 0 Å². The summed E-state index contributed by atoms with van der Waals surface area (Å²) in [4.78, 5) is 23.4. The molecule has 3 rings (SSSR count). The molecule has 1 heterocycles. The number of ether oxygens (including phenoxy) is 1. The average molecular weight is 357 g/mol. The minimum Gasteiger partial charge on any atom is -0.423 e. The van der Waals surface area contributed by atoms with Crippen LogP contribution < -0.4 is 4.74 Å². The summed E-state index contributed by atoms with van der Waals surface area (Å²) in [7, 11) is 1.65. The summed E-state index contributed by atoms with van der Waals surface area (Å²) >= 11 is 1.11. The fourth-order valence-electron chi connectivity index (χ4n) is 1.94. The van der Waals surface area contributed by atoms with Gasteiger partial charge in [0.15, 0.2) is 0 Å². The summed E-state index contributed by atoms with van der Waals surface area (Å²) in [5.74, 6) is -0.359. The largest absolute Gasteiger partial charge is 0.423 e. The molecular weight excluding hydrogens is 346 g/mol. The molecule has 126 valence electrons. The first-order valence-electron chi connectivity index (χ1n) is 7.00. The minimum atomic E-state index is -0.701. The number of nitro benzene ring substituents is 1. The van der Waals surface area contributed by atoms with Gasteiger partial charge in [0.1, 0.15) is 5.75 Å². The fourth-order valence-corrected chi connectivity index (χ4v) is 2.77. The molecular formula is C15H11N5O4S. The second-order valence-corrected chi connectivity index (χ2v) is 5.84. The molecule has 0 N–H and O–H groups in total. The molecule has 10 heteroatoms. The lowest BCUT2D eigenvalue weighted by Crippen LogP contribution is -2.10. The van der Waals surface area contributed by atoms with Gasteiger partial charge in [0, 0.05) is 24.1 Å². The van der Waals surface area contributed by atoms with E-state index in [1.807, 2.05) is 0 Å². The monoisotopic (exact) mass is 357 g/mol. The van der Waals surface area contributed by atoms with Crippen LogP contribution in [-0.4, -0.2) is 31.1 Å². The van der Waals surface area contributed by atoms with Crippen molar-refractivity contribution in [2.24, 2.45) is 7.05 Å². The molecule has 2 aromatic carbocycles. The van der Waals surface area contributed by atoms with Crippen LogP contribution in [0, 0.1) is 10.1 Å². The number of nitro groups is 1. The summed E-state index contributed by atoms with van der Waals surface area (Å²) in [6.07, 6.45) is 0. The van der Waals surface area contributed by atoms with Gasteiger partial charge >= 0.3 is 5.97 Å². The first kappa shape index (κ1) is 16.6. The van der Waals surface area contributed by atoms with Crippen molar-refractivity contribution in [2.75, 3.05) is 0 Å². The van der Waals surface area contributed by atoms with Gasteiger partial charge < -0.3 is 4.74 Å². The van der Waals surface area contributed by atoms with Gasteiger partial charge in [-0.15, -0.1) is 5.10 Å². The molecule has 0 aliphatic carbocycles. The maximum atomic E-state index is 12.5. The third-order valence-corrected chi connectivity index (χ3v) is 4.23. The molecule has 0 aliphatic heterocycles. The Kier molecular flexibility index (Phi) is 4.70. The zero-order chi connectivity index (χ0) is 17.8. The zero-order valence-corrected chi connectivity index (χ0v) is 13.7. The van der Waals surface area contributed by atoms with Crippen molar-refractivity contribution in [2.45, 2.75) is 10.1 Å². The summed E-state index contributed by atoms with van der Waals surface area (Å²) in [5.41, 5.74) is -0.147. The number of hydrogen-bond acceptors (Lipinski definition) is 8. The Bertz CT molecular complexity index is 929. The third kappa shape index (κ3) is 3.80. The summed E-state index contributed by atoms with van der Waals surface area (Å²) in [6, 6.07) is 12.4. The number of nitrogens with zero attached hydrogens (tertiary/aromatic N) is 5. The highest BCUT2D eigenvalue weighted by Gasteiger charge is 2.20. The molecule has 0 unspecified atom stereocenters. The Balaban J connectivity index is 1.96. The van der Waals surface area contributed by atoms with E-state index in [1.54, 1.807) is 37.4 Å². The predicted molar refractivity (Wildman–Crippen MR) is 87.4 cm³/mol. The Morgan fingerprint density at radius 1 is 1.24 bits per heavy atom. The van der Waals surface area contributed by atoms with Crippen LogP contribution in [0.5, 0.6) is 5.75 Å². The molecule has 0 fully saturated rings. The van der Waals surface area contributed by atoms with Gasteiger partial charge in [-0.05, 0) is 40.4 Å². The van der Waals surface area contributed by atoms with Crippen LogP contribution in [-0.2, 0) is 7.05 Å². The van der Waals surface area contributed by atoms with E-state index in [0.717, 1.165) is 11.8 Å². The van der Waals surface area contributed by atoms with E-state index in [0.29, 0.717) is 15.8 Å². The number of esters is 1. The summed E-state index contributed by atoms with van der Waals surface area (Å²) in [5, 5.41) is 22.5. The number of carbonyl (C=O) groups is 1. The Hall–Kier alpha value is -3.27. The van der Waals surface area contributed by atoms with Crippen molar-refractivity contribution >= 4 is 23.4 Å². The molecule has 9 nitrogen and oxygen atoms in total. The molecule has 3 aromatic rings. The Morgan fingerprint density at radius 3 is 2.64 bits per heavy atom. The van der Waals surface area contributed by atoms with Crippen LogP contribution in [0.25, 0.3) is 0 Å². The minimum absolute atomic E-state index is 0.0612. The standard InChI is InChI=1S/C15H11N5O4S/c1-19-15(16-17-18-19)25-13-8-7-10(20(22)23)9-12(13)14(21)24-11-5-3-2-4-6-11/h2-9H,1H3. The van der Waals surface area contributed by atoms with Gasteiger partial charge in [0.25, 0.3) is 5.69 Å². The lowest BCUT2D eigenvalue weighted by molar-refractivity contribution is -0.384. The Labute approximate surface area is 145 Å². The van der Waals surface area contributed by atoms with Gasteiger partial charge in [-0.25, -0.2) is 9.48 Å². The van der Waals surface area contributed by atoms with Crippen molar-refractivity contribution in [3.05, 3.63) is 64.2 Å². The van der Waals surface area contributed by atoms with Crippen LogP contribution in [0.4, 0.5) is 5.69 Å². The molecule has 0 amide bonds. The van der Waals surface area contributed by atoms with Crippen LogP contribution >= 0.6 is 11.8 Å². The van der Waals surface area contributed by atoms with E-state index < -0.39 is 10.9 Å². The van der Waals surface area contributed by atoms with Crippen LogP contribution in [0.3, 0.4) is 0 Å². The van der Waals surface area contributed by atoms with E-state index in [9.17, 15) is 14.9 Å². The number of rotatable bonds is 5. The SMILES string of the molecule is Cn1nnnc1Sc1ccc([N+](=O)[O-])cc1C(=O)Oc1ccccc1. The maximum Gasteiger partial charge on any atom is 0.344 e. The average Bonchev–Trinajstić information content (AvgIpc) is 3.00. The second-order valence-electron chi connectivity index (χ2n) is 4.83. The maximum absolute atomic E-state index is 12.5. The molecule has 0 saturated carbocycles. The smallest absolute Gasteiger partial charge is 0.344 e. The highest BCUT2D eigenvalue weighted by atomic mass is 32.2. The van der Waals surface area contributed by atoms with E-state index in [1.165, 1.54) is 22.9 Å².